The fraction of sp³-hybridized carbons (Fsp3) is 0.556. The van der Waals surface area contributed by atoms with Gasteiger partial charge in [-0.3, -0.25) is 3.93 Å². The van der Waals surface area contributed by atoms with Crippen molar-refractivity contribution in [2.45, 2.75) is 92.9 Å². The number of anilines is 2. The van der Waals surface area contributed by atoms with Crippen molar-refractivity contribution in [3.05, 3.63) is 57.6 Å². The maximum absolute atomic E-state index is 3.90. The van der Waals surface area contributed by atoms with Gasteiger partial charge >= 0.3 is 28.1 Å². The van der Waals surface area contributed by atoms with Gasteiger partial charge in [-0.1, -0.05) is 85.7 Å². The molecule has 2 nitrogen and oxygen atoms in total. The molecule has 2 aromatic rings. The molecule has 0 saturated heterocycles. The summed E-state index contributed by atoms with van der Waals surface area (Å²) >= 11 is 9.90. The van der Waals surface area contributed by atoms with E-state index in [0.717, 1.165) is 0 Å². The number of halogens is 2. The summed E-state index contributed by atoms with van der Waals surface area (Å²) in [5, 5.41) is 3.76. The first kappa shape index (κ1) is 29.5. The van der Waals surface area contributed by atoms with Gasteiger partial charge in [0.05, 0.1) is 28.5 Å². The van der Waals surface area contributed by atoms with Crippen LogP contribution < -0.4 is 9.24 Å². The Morgan fingerprint density at radius 1 is 0.812 bits per heavy atom. The van der Waals surface area contributed by atoms with Crippen molar-refractivity contribution in [2.24, 2.45) is 0 Å². The van der Waals surface area contributed by atoms with Crippen LogP contribution in [0.4, 0.5) is 11.4 Å². The molecule has 32 heavy (non-hydrogen) atoms. The fourth-order valence-corrected chi connectivity index (χ4v) is 4.62. The molecule has 1 N–H and O–H groups in total. The van der Waals surface area contributed by atoms with Crippen LogP contribution in [0.5, 0.6) is 0 Å². The van der Waals surface area contributed by atoms with Gasteiger partial charge in [0.1, 0.15) is 0 Å². The monoisotopic (exact) mass is 609 g/mol. The SMILES string of the molecule is Cc1[c-]c(C(C)C)c(NCN(Br)c2c(C(C)C)cc(C)cc2C(C)C)c(C(C)C)c1.[Co+][Br]. The third-order valence-electron chi connectivity index (χ3n) is 5.66. The summed E-state index contributed by atoms with van der Waals surface area (Å²) in [4.78, 5) is 0. The van der Waals surface area contributed by atoms with Gasteiger partial charge in [-0.25, -0.2) is 0 Å². The molecule has 2 aromatic carbocycles. The van der Waals surface area contributed by atoms with Gasteiger partial charge in [0, 0.05) is 0 Å². The van der Waals surface area contributed by atoms with Crippen molar-refractivity contribution in [2.75, 3.05) is 15.9 Å². The van der Waals surface area contributed by atoms with Crippen LogP contribution in [0.3, 0.4) is 0 Å². The molecule has 0 heterocycles. The number of nitrogens with zero attached hydrogens (tertiary/aromatic N) is 1. The third-order valence-corrected chi connectivity index (χ3v) is 6.26. The van der Waals surface area contributed by atoms with Gasteiger partial charge in [0.15, 0.2) is 0 Å². The summed E-state index contributed by atoms with van der Waals surface area (Å²) in [5.41, 5.74) is 10.5. The molecule has 0 amide bonds. The van der Waals surface area contributed by atoms with Gasteiger partial charge in [-0.2, -0.15) is 17.7 Å². The van der Waals surface area contributed by atoms with E-state index in [1.165, 1.54) is 44.8 Å². The van der Waals surface area contributed by atoms with Crippen molar-refractivity contribution in [3.8, 4) is 0 Å². The van der Waals surface area contributed by atoms with E-state index in [0.29, 0.717) is 30.3 Å². The zero-order valence-electron chi connectivity index (χ0n) is 21.3. The predicted octanol–water partition coefficient (Wildman–Crippen LogP) is 9.63. The van der Waals surface area contributed by atoms with Crippen LogP contribution in [0.1, 0.15) is 112 Å². The Morgan fingerprint density at radius 3 is 1.69 bits per heavy atom. The molecular weight excluding hydrogens is 571 g/mol. The number of hydrogen-bond acceptors (Lipinski definition) is 2. The molecule has 0 aliphatic rings. The Morgan fingerprint density at radius 2 is 1.28 bits per heavy atom. The quantitative estimate of drug-likeness (QED) is 0.182. The Balaban J connectivity index is 0.00000249. The summed E-state index contributed by atoms with van der Waals surface area (Å²) in [7, 11) is 0. The second kappa shape index (κ2) is 13.4. The molecule has 181 valence electrons. The summed E-state index contributed by atoms with van der Waals surface area (Å²) < 4.78 is 2.21. The van der Waals surface area contributed by atoms with E-state index in [9.17, 15) is 0 Å². The Labute approximate surface area is 221 Å². The Kier molecular flexibility index (Phi) is 12.4. The second-order valence-electron chi connectivity index (χ2n) is 9.80. The van der Waals surface area contributed by atoms with E-state index in [4.69, 9.17) is 0 Å². The van der Waals surface area contributed by atoms with E-state index in [-0.39, 0.29) is 0 Å². The van der Waals surface area contributed by atoms with Crippen molar-refractivity contribution < 1.29 is 13.9 Å². The number of aryl methyl sites for hydroxylation is 2. The third kappa shape index (κ3) is 7.51. The zero-order chi connectivity index (χ0) is 24.7. The first-order valence-electron chi connectivity index (χ1n) is 11.4. The van der Waals surface area contributed by atoms with E-state index in [1.807, 2.05) is 0 Å². The summed E-state index contributed by atoms with van der Waals surface area (Å²) in [6.45, 7) is 23.2. The van der Waals surface area contributed by atoms with Gasteiger partial charge < -0.3 is 5.32 Å². The topological polar surface area (TPSA) is 15.3 Å². The summed E-state index contributed by atoms with van der Waals surface area (Å²) in [5.74, 6) is 1.80. The number of rotatable bonds is 8. The minimum absolute atomic E-state index is 0.422. The first-order chi connectivity index (χ1) is 14.9. The maximum atomic E-state index is 3.90. The minimum atomic E-state index is 0.422. The predicted molar refractivity (Wildman–Crippen MR) is 146 cm³/mol. The van der Waals surface area contributed by atoms with Crippen molar-refractivity contribution in [1.29, 1.82) is 0 Å². The first-order valence-corrected chi connectivity index (χ1v) is 14.7. The van der Waals surface area contributed by atoms with Gasteiger partial charge in [0.25, 0.3) is 0 Å². The molecule has 0 saturated carbocycles. The standard InChI is InChI=1S/C27H40BrN2.BrH.Co/c1-16(2)22-11-20(9)12-23(17(3)4)26(22)29-15-30(28)27-24(18(5)6)13-21(10)14-25(27)19(7)8;;/h11,13-14,16-19,29H,15H2,1-10H3;1H;/q-1;;+2/p-1. The molecule has 5 heteroatoms. The van der Waals surface area contributed by atoms with E-state index in [2.05, 4.69) is 147 Å². The Hall–Kier alpha value is -0.494. The van der Waals surface area contributed by atoms with Crippen LogP contribution in [-0.2, 0) is 13.9 Å². The number of benzene rings is 2. The molecule has 0 aromatic heterocycles. The molecule has 0 fully saturated rings. The van der Waals surface area contributed by atoms with Gasteiger partial charge in [-0.15, -0.1) is 11.1 Å². The molecule has 0 bridgehead atoms. The molecular formula is C27H40Br2CoN2. The fourth-order valence-electron chi connectivity index (χ4n) is 4.08. The molecule has 0 aliphatic carbocycles. The van der Waals surface area contributed by atoms with Crippen molar-refractivity contribution in [1.82, 2.24) is 0 Å². The average Bonchev–Trinajstić information content (AvgIpc) is 2.72. The van der Waals surface area contributed by atoms with Crippen molar-refractivity contribution >= 4 is 41.7 Å². The van der Waals surface area contributed by atoms with Crippen LogP contribution in [0.15, 0.2) is 18.2 Å². The number of hydrogen-bond donors (Lipinski definition) is 1. The van der Waals surface area contributed by atoms with Crippen LogP contribution in [0, 0.1) is 19.9 Å². The molecule has 0 radical (unpaired) electrons. The molecule has 2 rings (SSSR count). The second-order valence-corrected chi connectivity index (χ2v) is 10.7. The van der Waals surface area contributed by atoms with Crippen LogP contribution in [0.25, 0.3) is 0 Å². The van der Waals surface area contributed by atoms with E-state index >= 15 is 0 Å². The Bertz CT molecular complexity index is 818. The van der Waals surface area contributed by atoms with Crippen LogP contribution in [0.2, 0.25) is 0 Å². The van der Waals surface area contributed by atoms with Gasteiger partial charge in [-0.05, 0) is 41.7 Å². The molecule has 0 aliphatic heterocycles. The van der Waals surface area contributed by atoms with Crippen molar-refractivity contribution in [3.63, 3.8) is 0 Å². The summed E-state index contributed by atoms with van der Waals surface area (Å²) in [6.07, 6.45) is 0. The molecule has 0 spiro atoms. The van der Waals surface area contributed by atoms with Crippen LogP contribution in [-0.4, -0.2) is 6.67 Å². The molecule has 0 atom stereocenters. The van der Waals surface area contributed by atoms with Gasteiger partial charge in [0.2, 0.25) is 0 Å². The number of nitrogens with one attached hydrogen (secondary N) is 1. The van der Waals surface area contributed by atoms with E-state index < -0.39 is 0 Å². The van der Waals surface area contributed by atoms with Crippen LogP contribution >= 0.6 is 30.3 Å². The zero-order valence-corrected chi connectivity index (χ0v) is 25.5. The summed E-state index contributed by atoms with van der Waals surface area (Å²) in [6, 6.07) is 10.5. The van der Waals surface area contributed by atoms with E-state index in [1.54, 1.807) is 0 Å². The average molecular weight is 611 g/mol. The normalized spacial score (nSPS) is 11.3. The molecule has 0 unspecified atom stereocenters.